The van der Waals surface area contributed by atoms with Crippen LogP contribution >= 0.6 is 23.2 Å². The number of rotatable bonds is 10. The SMILES string of the molecule is CCS(=O)(=O)N(CC1(N2C(=O)[C@@](C)(CC(=O)O)CC(c3cccc(Cl)c3)C2c2ccc(Cl)cc2)CCCC1)c1cccc(F)c1. The lowest BCUT2D eigenvalue weighted by Crippen LogP contribution is -2.64. The molecule has 1 N–H and O–H groups in total. The Morgan fingerprint density at radius 1 is 1.00 bits per heavy atom. The summed E-state index contributed by atoms with van der Waals surface area (Å²) < 4.78 is 43.1. The van der Waals surface area contributed by atoms with Gasteiger partial charge in [-0.05, 0) is 79.8 Å². The van der Waals surface area contributed by atoms with Crippen molar-refractivity contribution in [1.82, 2.24) is 4.90 Å². The van der Waals surface area contributed by atoms with Crippen molar-refractivity contribution >= 4 is 50.8 Å². The van der Waals surface area contributed by atoms with Gasteiger partial charge in [-0.1, -0.05) is 73.3 Å². The largest absolute Gasteiger partial charge is 0.481 e. The third kappa shape index (κ3) is 6.71. The first kappa shape index (κ1) is 33.2. The highest BCUT2D eigenvalue weighted by molar-refractivity contribution is 7.92. The van der Waals surface area contributed by atoms with Crippen LogP contribution in [0.15, 0.2) is 72.8 Å². The van der Waals surface area contributed by atoms with Gasteiger partial charge in [0.25, 0.3) is 0 Å². The van der Waals surface area contributed by atoms with E-state index in [4.69, 9.17) is 23.2 Å². The molecule has 0 bridgehead atoms. The molecule has 1 amide bonds. The molecule has 2 fully saturated rings. The molecular weight excluding hydrogens is 638 g/mol. The lowest BCUT2D eigenvalue weighted by Gasteiger charge is -2.56. The molecule has 240 valence electrons. The van der Waals surface area contributed by atoms with Crippen molar-refractivity contribution in [2.75, 3.05) is 16.6 Å². The average Bonchev–Trinajstić information content (AvgIpc) is 3.46. The molecule has 2 unspecified atom stereocenters. The molecule has 3 aromatic carbocycles. The number of halogens is 3. The summed E-state index contributed by atoms with van der Waals surface area (Å²) in [5, 5.41) is 11.0. The second-order valence-corrected chi connectivity index (χ2v) is 15.5. The van der Waals surface area contributed by atoms with Crippen molar-refractivity contribution in [3.8, 4) is 0 Å². The van der Waals surface area contributed by atoms with Gasteiger partial charge in [-0.15, -0.1) is 0 Å². The zero-order chi connectivity index (χ0) is 32.6. The van der Waals surface area contributed by atoms with Gasteiger partial charge < -0.3 is 10.0 Å². The minimum atomic E-state index is -3.92. The van der Waals surface area contributed by atoms with Crippen molar-refractivity contribution in [2.24, 2.45) is 5.41 Å². The number of carboxylic acids is 1. The van der Waals surface area contributed by atoms with E-state index in [2.05, 4.69) is 0 Å². The number of hydrogen-bond acceptors (Lipinski definition) is 4. The van der Waals surface area contributed by atoms with E-state index < -0.39 is 45.2 Å². The molecular formula is C34H37Cl2FN2O5S. The van der Waals surface area contributed by atoms with E-state index in [0.29, 0.717) is 22.9 Å². The Bertz CT molecular complexity index is 1680. The van der Waals surface area contributed by atoms with Crippen LogP contribution in [0.3, 0.4) is 0 Å². The van der Waals surface area contributed by atoms with Gasteiger partial charge in [-0.3, -0.25) is 13.9 Å². The van der Waals surface area contributed by atoms with Crippen LogP contribution in [0.4, 0.5) is 10.1 Å². The van der Waals surface area contributed by atoms with Crippen molar-refractivity contribution in [1.29, 1.82) is 0 Å². The van der Waals surface area contributed by atoms with Crippen LogP contribution in [-0.4, -0.2) is 48.1 Å². The Morgan fingerprint density at radius 2 is 1.67 bits per heavy atom. The van der Waals surface area contributed by atoms with Gasteiger partial charge in [0.05, 0.1) is 41.4 Å². The summed E-state index contributed by atoms with van der Waals surface area (Å²) >= 11 is 12.8. The van der Waals surface area contributed by atoms with E-state index in [0.717, 1.165) is 24.0 Å². The molecule has 0 aromatic heterocycles. The molecule has 3 atom stereocenters. The molecule has 1 aliphatic carbocycles. The number of hydrogen-bond donors (Lipinski definition) is 1. The second-order valence-electron chi connectivity index (χ2n) is 12.5. The number of anilines is 1. The summed E-state index contributed by atoms with van der Waals surface area (Å²) in [7, 11) is -3.92. The second kappa shape index (κ2) is 12.9. The van der Waals surface area contributed by atoms with Crippen LogP contribution < -0.4 is 4.31 Å². The molecule has 0 radical (unpaired) electrons. The Labute approximate surface area is 274 Å². The molecule has 5 rings (SSSR count). The molecule has 45 heavy (non-hydrogen) atoms. The molecule has 1 saturated heterocycles. The fourth-order valence-corrected chi connectivity index (χ4v) is 8.77. The number of carbonyl (C=O) groups excluding carboxylic acids is 1. The van der Waals surface area contributed by atoms with E-state index in [-0.39, 0.29) is 36.2 Å². The average molecular weight is 676 g/mol. The number of piperidine rings is 1. The van der Waals surface area contributed by atoms with Gasteiger partial charge in [0.2, 0.25) is 15.9 Å². The number of benzene rings is 3. The van der Waals surface area contributed by atoms with Crippen molar-refractivity contribution in [3.05, 3.63) is 99.8 Å². The van der Waals surface area contributed by atoms with Crippen LogP contribution in [0.25, 0.3) is 0 Å². The maximum Gasteiger partial charge on any atom is 0.304 e. The summed E-state index contributed by atoms with van der Waals surface area (Å²) in [6.07, 6.45) is 2.27. The molecule has 11 heteroatoms. The van der Waals surface area contributed by atoms with Gasteiger partial charge in [-0.2, -0.15) is 0 Å². The predicted molar refractivity (Wildman–Crippen MR) is 175 cm³/mol. The number of amides is 1. The first-order valence-electron chi connectivity index (χ1n) is 15.1. The number of nitrogens with zero attached hydrogens (tertiary/aromatic N) is 2. The molecule has 3 aromatic rings. The highest BCUT2D eigenvalue weighted by Gasteiger charge is 2.58. The standard InChI is InChI=1S/C34H37Cl2FN2O5S/c1-3-45(43,44)38(28-11-7-10-27(37)19-28)22-34(16-4-5-17-34)39-31(23-12-14-25(35)15-13-23)29(24-8-6-9-26(36)18-24)20-33(2,32(39)42)21-30(40)41/h6-15,18-19,29,31H,3-5,16-17,20-22H2,1-2H3,(H,40,41)/t29?,31?,33-/m1/s1. The lowest BCUT2D eigenvalue weighted by molar-refractivity contribution is -0.165. The van der Waals surface area contributed by atoms with Crippen LogP contribution in [0, 0.1) is 11.2 Å². The van der Waals surface area contributed by atoms with Crippen LogP contribution in [0.2, 0.25) is 10.0 Å². The first-order valence-corrected chi connectivity index (χ1v) is 17.5. The van der Waals surface area contributed by atoms with Crippen LogP contribution in [-0.2, 0) is 19.6 Å². The van der Waals surface area contributed by atoms with E-state index in [1.54, 1.807) is 36.1 Å². The highest BCUT2D eigenvalue weighted by atomic mass is 35.5. The molecule has 1 saturated carbocycles. The number of sulfonamides is 1. The van der Waals surface area contributed by atoms with Gasteiger partial charge in [-0.25, -0.2) is 12.8 Å². The number of carbonyl (C=O) groups is 2. The quantitative estimate of drug-likeness (QED) is 0.236. The zero-order valence-electron chi connectivity index (χ0n) is 25.3. The first-order chi connectivity index (χ1) is 21.3. The molecule has 7 nitrogen and oxygen atoms in total. The van der Waals surface area contributed by atoms with E-state index >= 15 is 0 Å². The van der Waals surface area contributed by atoms with Crippen molar-refractivity contribution < 1.29 is 27.5 Å². The van der Waals surface area contributed by atoms with E-state index in [1.807, 2.05) is 30.3 Å². The summed E-state index contributed by atoms with van der Waals surface area (Å²) in [5.74, 6) is -2.63. The molecule has 1 heterocycles. The number of aliphatic carboxylic acids is 1. The van der Waals surface area contributed by atoms with E-state index in [9.17, 15) is 27.5 Å². The van der Waals surface area contributed by atoms with Gasteiger partial charge >= 0.3 is 5.97 Å². The van der Waals surface area contributed by atoms with Crippen molar-refractivity contribution in [3.63, 3.8) is 0 Å². The maximum atomic E-state index is 14.9. The summed E-state index contributed by atoms with van der Waals surface area (Å²) in [6.45, 7) is 3.11. The van der Waals surface area contributed by atoms with Crippen LogP contribution in [0.1, 0.15) is 75.5 Å². The van der Waals surface area contributed by atoms with E-state index in [1.165, 1.54) is 29.4 Å². The summed E-state index contributed by atoms with van der Waals surface area (Å²) in [6, 6.07) is 19.4. The summed E-state index contributed by atoms with van der Waals surface area (Å²) in [5.41, 5.74) is -0.516. The van der Waals surface area contributed by atoms with Crippen molar-refractivity contribution in [2.45, 2.75) is 69.9 Å². The highest BCUT2D eigenvalue weighted by Crippen LogP contribution is 2.56. The Hall–Kier alpha value is -3.14. The Balaban J connectivity index is 1.76. The Kier molecular flexibility index (Phi) is 9.55. The third-order valence-electron chi connectivity index (χ3n) is 9.37. The number of likely N-dealkylation sites (tertiary alicyclic amines) is 1. The van der Waals surface area contributed by atoms with Gasteiger partial charge in [0.1, 0.15) is 5.82 Å². The minimum absolute atomic E-state index is 0.103. The van der Waals surface area contributed by atoms with Gasteiger partial charge in [0, 0.05) is 16.0 Å². The lowest BCUT2D eigenvalue weighted by atomic mass is 9.66. The topological polar surface area (TPSA) is 95.0 Å². The Morgan fingerprint density at radius 3 is 2.27 bits per heavy atom. The molecule has 0 spiro atoms. The van der Waals surface area contributed by atoms with Gasteiger partial charge in [0.15, 0.2) is 0 Å². The maximum absolute atomic E-state index is 14.9. The summed E-state index contributed by atoms with van der Waals surface area (Å²) in [4.78, 5) is 29.0. The zero-order valence-corrected chi connectivity index (χ0v) is 27.6. The minimum Gasteiger partial charge on any atom is -0.481 e. The molecule has 1 aliphatic heterocycles. The normalized spacial score (nSPS) is 23.2. The molecule has 2 aliphatic rings. The fraction of sp³-hybridized carbons (Fsp3) is 0.412. The fourth-order valence-electron chi connectivity index (χ4n) is 7.27. The monoisotopic (exact) mass is 674 g/mol. The smallest absolute Gasteiger partial charge is 0.304 e. The number of carboxylic acid groups (broad SMARTS) is 1. The third-order valence-corrected chi connectivity index (χ3v) is 11.6. The predicted octanol–water partition coefficient (Wildman–Crippen LogP) is 7.84. The van der Waals surface area contributed by atoms with Crippen LogP contribution in [0.5, 0.6) is 0 Å².